The first-order valence-electron chi connectivity index (χ1n) is 6.58. The fourth-order valence-corrected chi connectivity index (χ4v) is 3.29. The molecule has 0 aliphatic carbocycles. The van der Waals surface area contributed by atoms with Gasteiger partial charge in [-0.25, -0.2) is 0 Å². The van der Waals surface area contributed by atoms with Crippen molar-refractivity contribution in [1.29, 1.82) is 0 Å². The molecule has 2 aliphatic heterocycles. The van der Waals surface area contributed by atoms with Crippen molar-refractivity contribution in [1.82, 2.24) is 5.32 Å². The monoisotopic (exact) mass is 231 g/mol. The standard InChI is InChI=1S/C15H21NO/c1-10(2)11-5-4-6-12-13(11)8-17-15(3)9-16-7-14(12)15/h4-6,10,14,16H,7-9H2,1-3H3/t14-,15?/m1/s1. The number of hydrogen-bond donors (Lipinski definition) is 1. The Balaban J connectivity index is 2.10. The molecule has 1 fully saturated rings. The highest BCUT2D eigenvalue weighted by Crippen LogP contribution is 2.43. The van der Waals surface area contributed by atoms with E-state index in [4.69, 9.17) is 4.74 Å². The molecule has 0 aromatic heterocycles. The molecule has 0 amide bonds. The summed E-state index contributed by atoms with van der Waals surface area (Å²) in [6, 6.07) is 6.75. The molecular weight excluding hydrogens is 210 g/mol. The van der Waals surface area contributed by atoms with Gasteiger partial charge >= 0.3 is 0 Å². The summed E-state index contributed by atoms with van der Waals surface area (Å²) in [6.07, 6.45) is 0. The molecule has 0 saturated carbocycles. The quantitative estimate of drug-likeness (QED) is 0.802. The number of hydrogen-bond acceptors (Lipinski definition) is 2. The highest BCUT2D eigenvalue weighted by molar-refractivity contribution is 5.42. The molecule has 1 unspecified atom stereocenters. The first kappa shape index (κ1) is 11.2. The Morgan fingerprint density at radius 1 is 1.41 bits per heavy atom. The van der Waals surface area contributed by atoms with E-state index < -0.39 is 0 Å². The van der Waals surface area contributed by atoms with Gasteiger partial charge in [0.05, 0.1) is 12.2 Å². The molecular formula is C15H21NO. The number of benzene rings is 1. The summed E-state index contributed by atoms with van der Waals surface area (Å²) in [4.78, 5) is 0. The fraction of sp³-hybridized carbons (Fsp3) is 0.600. The molecule has 0 radical (unpaired) electrons. The lowest BCUT2D eigenvalue weighted by Crippen LogP contribution is -2.40. The molecule has 2 nitrogen and oxygen atoms in total. The van der Waals surface area contributed by atoms with Gasteiger partial charge in [0, 0.05) is 19.0 Å². The molecule has 3 rings (SSSR count). The second kappa shape index (κ2) is 3.82. The molecule has 1 N–H and O–H groups in total. The van der Waals surface area contributed by atoms with Crippen LogP contribution in [-0.2, 0) is 11.3 Å². The van der Waals surface area contributed by atoms with Crippen molar-refractivity contribution in [3.63, 3.8) is 0 Å². The van der Waals surface area contributed by atoms with Crippen molar-refractivity contribution >= 4 is 0 Å². The van der Waals surface area contributed by atoms with Crippen molar-refractivity contribution < 1.29 is 4.74 Å². The Bertz CT molecular complexity index is 441. The van der Waals surface area contributed by atoms with Gasteiger partial charge in [-0.05, 0) is 29.5 Å². The zero-order chi connectivity index (χ0) is 12.0. The Kier molecular flexibility index (Phi) is 2.53. The van der Waals surface area contributed by atoms with Gasteiger partial charge < -0.3 is 10.1 Å². The molecule has 1 aromatic carbocycles. The number of nitrogens with one attached hydrogen (secondary N) is 1. The number of fused-ring (bicyclic) bond motifs is 3. The predicted molar refractivity (Wildman–Crippen MR) is 69.3 cm³/mol. The van der Waals surface area contributed by atoms with Gasteiger partial charge in [-0.3, -0.25) is 0 Å². The van der Waals surface area contributed by atoms with Crippen LogP contribution < -0.4 is 5.32 Å². The Hall–Kier alpha value is -0.860. The van der Waals surface area contributed by atoms with Gasteiger partial charge in [-0.2, -0.15) is 0 Å². The average molecular weight is 231 g/mol. The van der Waals surface area contributed by atoms with Crippen LogP contribution in [0.3, 0.4) is 0 Å². The lowest BCUT2D eigenvalue weighted by Gasteiger charge is -2.38. The molecule has 0 spiro atoms. The molecule has 2 heteroatoms. The highest BCUT2D eigenvalue weighted by atomic mass is 16.5. The van der Waals surface area contributed by atoms with Gasteiger partial charge in [0.25, 0.3) is 0 Å². The normalized spacial score (nSPS) is 31.4. The van der Waals surface area contributed by atoms with Gasteiger partial charge in [0.15, 0.2) is 0 Å². The van der Waals surface area contributed by atoms with E-state index in [0.29, 0.717) is 11.8 Å². The number of ether oxygens (including phenoxy) is 1. The largest absolute Gasteiger partial charge is 0.369 e. The van der Waals surface area contributed by atoms with Crippen molar-refractivity contribution in [3.05, 3.63) is 34.9 Å². The van der Waals surface area contributed by atoms with E-state index in [1.807, 2.05) is 0 Å². The molecule has 1 aromatic rings. The topological polar surface area (TPSA) is 21.3 Å². The van der Waals surface area contributed by atoms with Crippen LogP contribution in [0.5, 0.6) is 0 Å². The Morgan fingerprint density at radius 2 is 2.24 bits per heavy atom. The maximum atomic E-state index is 6.14. The van der Waals surface area contributed by atoms with E-state index in [9.17, 15) is 0 Å². The third-order valence-electron chi connectivity index (χ3n) is 4.35. The van der Waals surface area contributed by atoms with Crippen molar-refractivity contribution in [2.45, 2.75) is 44.8 Å². The first-order valence-corrected chi connectivity index (χ1v) is 6.58. The molecule has 0 bridgehead atoms. The lowest BCUT2D eigenvalue weighted by atomic mass is 9.79. The summed E-state index contributed by atoms with van der Waals surface area (Å²) < 4.78 is 6.14. The van der Waals surface area contributed by atoms with E-state index >= 15 is 0 Å². The summed E-state index contributed by atoms with van der Waals surface area (Å²) in [5.41, 5.74) is 4.41. The Labute approximate surface area is 103 Å². The van der Waals surface area contributed by atoms with E-state index in [-0.39, 0.29) is 5.60 Å². The summed E-state index contributed by atoms with van der Waals surface area (Å²) in [7, 11) is 0. The fourth-order valence-electron chi connectivity index (χ4n) is 3.29. The van der Waals surface area contributed by atoms with E-state index in [0.717, 1.165) is 19.7 Å². The van der Waals surface area contributed by atoms with Gasteiger partial charge in [-0.15, -0.1) is 0 Å². The second-order valence-corrected chi connectivity index (χ2v) is 5.85. The molecule has 92 valence electrons. The van der Waals surface area contributed by atoms with Crippen LogP contribution in [0.1, 0.15) is 49.3 Å². The summed E-state index contributed by atoms with van der Waals surface area (Å²) in [5.74, 6) is 1.09. The van der Waals surface area contributed by atoms with Gasteiger partial charge in [0.1, 0.15) is 0 Å². The smallest absolute Gasteiger partial charge is 0.0863 e. The minimum atomic E-state index is 0.00258. The third kappa shape index (κ3) is 1.62. The molecule has 2 aliphatic rings. The van der Waals surface area contributed by atoms with Crippen LogP contribution in [0.2, 0.25) is 0 Å². The number of rotatable bonds is 1. The average Bonchev–Trinajstić information content (AvgIpc) is 2.70. The highest BCUT2D eigenvalue weighted by Gasteiger charge is 2.44. The van der Waals surface area contributed by atoms with Crippen LogP contribution in [0.4, 0.5) is 0 Å². The van der Waals surface area contributed by atoms with Crippen molar-refractivity contribution in [2.24, 2.45) is 0 Å². The summed E-state index contributed by atoms with van der Waals surface area (Å²) in [6.45, 7) is 9.56. The van der Waals surface area contributed by atoms with E-state index in [1.54, 1.807) is 0 Å². The summed E-state index contributed by atoms with van der Waals surface area (Å²) >= 11 is 0. The molecule has 17 heavy (non-hydrogen) atoms. The first-order chi connectivity index (χ1) is 8.12. The lowest BCUT2D eigenvalue weighted by molar-refractivity contribution is -0.0522. The zero-order valence-corrected chi connectivity index (χ0v) is 10.9. The van der Waals surface area contributed by atoms with Gasteiger partial charge in [-0.1, -0.05) is 32.0 Å². The maximum Gasteiger partial charge on any atom is 0.0863 e. The summed E-state index contributed by atoms with van der Waals surface area (Å²) in [5, 5.41) is 3.47. The molecule has 2 atom stereocenters. The van der Waals surface area contributed by atoms with Crippen LogP contribution in [0.15, 0.2) is 18.2 Å². The van der Waals surface area contributed by atoms with Crippen molar-refractivity contribution in [2.75, 3.05) is 13.1 Å². The zero-order valence-electron chi connectivity index (χ0n) is 10.9. The maximum absolute atomic E-state index is 6.14. The minimum absolute atomic E-state index is 0.00258. The molecule has 1 saturated heterocycles. The van der Waals surface area contributed by atoms with E-state index in [1.165, 1.54) is 16.7 Å². The second-order valence-electron chi connectivity index (χ2n) is 5.85. The Morgan fingerprint density at radius 3 is 3.00 bits per heavy atom. The third-order valence-corrected chi connectivity index (χ3v) is 4.35. The van der Waals surface area contributed by atoms with Gasteiger partial charge in [0.2, 0.25) is 0 Å². The minimum Gasteiger partial charge on any atom is -0.369 e. The molecule has 2 heterocycles. The van der Waals surface area contributed by atoms with Crippen LogP contribution in [0.25, 0.3) is 0 Å². The van der Waals surface area contributed by atoms with Crippen LogP contribution in [0, 0.1) is 0 Å². The van der Waals surface area contributed by atoms with Crippen molar-refractivity contribution in [3.8, 4) is 0 Å². The van der Waals surface area contributed by atoms with Crippen LogP contribution >= 0.6 is 0 Å². The van der Waals surface area contributed by atoms with Crippen LogP contribution in [-0.4, -0.2) is 18.7 Å². The predicted octanol–water partition coefficient (Wildman–Crippen LogP) is 2.79. The SMILES string of the molecule is CC(C)c1cccc2c1COC1(C)CNC[C@H]21. The van der Waals surface area contributed by atoms with E-state index in [2.05, 4.69) is 44.3 Å².